The Kier molecular flexibility index (Phi) is 6.35. The maximum atomic E-state index is 12.8. The molecule has 2 aliphatic heterocycles. The maximum absolute atomic E-state index is 12.8. The van der Waals surface area contributed by atoms with Crippen LogP contribution < -0.4 is 15.1 Å². The van der Waals surface area contributed by atoms with Gasteiger partial charge in [-0.25, -0.2) is 0 Å². The number of piperidine rings is 1. The molecule has 8 nitrogen and oxygen atoms in total. The van der Waals surface area contributed by atoms with E-state index in [2.05, 4.69) is 33.1 Å². The van der Waals surface area contributed by atoms with E-state index >= 15 is 0 Å². The second-order valence-electron chi connectivity index (χ2n) is 8.73. The van der Waals surface area contributed by atoms with Crippen LogP contribution in [0.3, 0.4) is 0 Å². The number of nitrogens with one attached hydrogen (secondary N) is 2. The van der Waals surface area contributed by atoms with Gasteiger partial charge in [-0.3, -0.25) is 9.59 Å². The molecular formula is C24H30N6O2. The lowest BCUT2D eigenvalue weighted by Crippen LogP contribution is -2.48. The number of rotatable bonds is 4. The largest absolute Gasteiger partial charge is 0.370 e. The summed E-state index contributed by atoms with van der Waals surface area (Å²) in [5, 5.41) is 12.1. The molecule has 8 heteroatoms. The second kappa shape index (κ2) is 9.35. The van der Waals surface area contributed by atoms with Crippen LogP contribution in [-0.2, 0) is 4.79 Å². The molecule has 32 heavy (non-hydrogen) atoms. The van der Waals surface area contributed by atoms with Gasteiger partial charge in [0.1, 0.15) is 11.8 Å². The quantitative estimate of drug-likeness (QED) is 0.771. The van der Waals surface area contributed by atoms with E-state index in [1.807, 2.05) is 23.1 Å². The summed E-state index contributed by atoms with van der Waals surface area (Å²) in [6.07, 6.45) is 3.78. The minimum absolute atomic E-state index is 0.120. The summed E-state index contributed by atoms with van der Waals surface area (Å²) in [5.74, 6) is 0.561. The van der Waals surface area contributed by atoms with E-state index in [9.17, 15) is 9.59 Å². The fourth-order valence-corrected chi connectivity index (χ4v) is 4.39. The number of aromatic amines is 1. The van der Waals surface area contributed by atoms with Crippen LogP contribution in [0.2, 0.25) is 0 Å². The van der Waals surface area contributed by atoms with Crippen molar-refractivity contribution in [2.75, 3.05) is 54.4 Å². The minimum atomic E-state index is -0.263. The number of anilines is 3. The van der Waals surface area contributed by atoms with Crippen molar-refractivity contribution in [2.24, 2.45) is 5.92 Å². The van der Waals surface area contributed by atoms with Gasteiger partial charge in [0, 0.05) is 58.1 Å². The molecule has 2 amide bonds. The fourth-order valence-electron chi connectivity index (χ4n) is 4.39. The molecule has 1 aromatic heterocycles. The SMILES string of the molecule is CC(=O)N1CCN(c2ccc(NC(=O)c3cc(C#N)c[nH]3)c(N3CCC(C)CC3)c2)CC1. The van der Waals surface area contributed by atoms with Crippen LogP contribution in [0.5, 0.6) is 0 Å². The maximum Gasteiger partial charge on any atom is 0.272 e. The molecule has 0 spiro atoms. The first-order valence-electron chi connectivity index (χ1n) is 11.2. The lowest BCUT2D eigenvalue weighted by atomic mass is 9.98. The Labute approximate surface area is 188 Å². The number of piperazine rings is 1. The van der Waals surface area contributed by atoms with Gasteiger partial charge in [-0.05, 0) is 43.0 Å². The van der Waals surface area contributed by atoms with Crippen molar-refractivity contribution in [3.05, 3.63) is 41.7 Å². The third-order valence-electron chi connectivity index (χ3n) is 6.50. The standard InChI is InChI=1S/C24H30N6O2/c1-17-5-7-30(8-6-17)23-14-20(29-11-9-28(10-12-29)18(2)31)3-4-21(23)27-24(32)22-13-19(15-25)16-26-22/h3-4,13-14,16-17,26H,5-12H2,1-2H3,(H,27,32). The summed E-state index contributed by atoms with van der Waals surface area (Å²) in [4.78, 5) is 33.8. The van der Waals surface area contributed by atoms with Gasteiger partial charge in [0.2, 0.25) is 5.91 Å². The van der Waals surface area contributed by atoms with Gasteiger partial charge in [0.25, 0.3) is 5.91 Å². The third-order valence-corrected chi connectivity index (χ3v) is 6.50. The average molecular weight is 435 g/mol. The smallest absolute Gasteiger partial charge is 0.272 e. The number of aromatic nitrogens is 1. The first-order valence-corrected chi connectivity index (χ1v) is 11.2. The Morgan fingerprint density at radius 2 is 1.78 bits per heavy atom. The summed E-state index contributed by atoms with van der Waals surface area (Å²) in [7, 11) is 0. The third kappa shape index (κ3) is 4.72. The van der Waals surface area contributed by atoms with Crippen LogP contribution in [0.1, 0.15) is 42.7 Å². The van der Waals surface area contributed by atoms with Crippen molar-refractivity contribution in [3.63, 3.8) is 0 Å². The number of H-pyrrole nitrogens is 1. The Morgan fingerprint density at radius 3 is 2.41 bits per heavy atom. The molecule has 1 aromatic carbocycles. The topological polar surface area (TPSA) is 95.5 Å². The second-order valence-corrected chi connectivity index (χ2v) is 8.73. The first-order chi connectivity index (χ1) is 15.4. The summed E-state index contributed by atoms with van der Waals surface area (Å²) >= 11 is 0. The highest BCUT2D eigenvalue weighted by Gasteiger charge is 2.23. The van der Waals surface area contributed by atoms with Gasteiger partial charge in [-0.1, -0.05) is 6.92 Å². The molecule has 4 rings (SSSR count). The predicted molar refractivity (Wildman–Crippen MR) is 125 cm³/mol. The number of hydrogen-bond donors (Lipinski definition) is 2. The number of nitriles is 1. The zero-order valence-electron chi connectivity index (χ0n) is 18.7. The molecule has 3 heterocycles. The Morgan fingerprint density at radius 1 is 1.06 bits per heavy atom. The summed E-state index contributed by atoms with van der Waals surface area (Å²) < 4.78 is 0. The van der Waals surface area contributed by atoms with Crippen molar-refractivity contribution in [3.8, 4) is 6.07 Å². The molecule has 0 unspecified atom stereocenters. The van der Waals surface area contributed by atoms with Gasteiger partial charge in [0.05, 0.1) is 16.9 Å². The summed E-state index contributed by atoms with van der Waals surface area (Å²) in [6, 6.07) is 9.75. The van der Waals surface area contributed by atoms with Crippen LogP contribution >= 0.6 is 0 Å². The predicted octanol–water partition coefficient (Wildman–Crippen LogP) is 3.04. The van der Waals surface area contributed by atoms with E-state index < -0.39 is 0 Å². The van der Waals surface area contributed by atoms with E-state index in [0.717, 1.165) is 69.2 Å². The number of benzene rings is 1. The number of carbonyl (C=O) groups excluding carboxylic acids is 2. The van der Waals surface area contributed by atoms with Gasteiger partial charge >= 0.3 is 0 Å². The van der Waals surface area contributed by atoms with Crippen molar-refractivity contribution in [2.45, 2.75) is 26.7 Å². The van der Waals surface area contributed by atoms with Crippen molar-refractivity contribution >= 4 is 28.9 Å². The molecule has 2 aliphatic rings. The zero-order valence-corrected chi connectivity index (χ0v) is 18.7. The molecule has 0 bridgehead atoms. The van der Waals surface area contributed by atoms with Crippen LogP contribution in [0.25, 0.3) is 0 Å². The molecule has 0 atom stereocenters. The Hall–Kier alpha value is -3.47. The van der Waals surface area contributed by atoms with Gasteiger partial charge in [-0.2, -0.15) is 5.26 Å². The van der Waals surface area contributed by atoms with Crippen LogP contribution in [0, 0.1) is 17.2 Å². The number of nitrogens with zero attached hydrogens (tertiary/aromatic N) is 4. The van der Waals surface area contributed by atoms with Crippen LogP contribution in [-0.4, -0.2) is 61.0 Å². The molecule has 168 valence electrons. The summed E-state index contributed by atoms with van der Waals surface area (Å²) in [5.41, 5.74) is 3.68. The zero-order chi connectivity index (χ0) is 22.7. The number of amides is 2. The lowest BCUT2D eigenvalue weighted by molar-refractivity contribution is -0.129. The normalized spacial score (nSPS) is 17.2. The molecule has 0 aliphatic carbocycles. The molecule has 2 N–H and O–H groups in total. The van der Waals surface area contributed by atoms with Gasteiger partial charge < -0.3 is 25.0 Å². The molecule has 2 fully saturated rings. The highest BCUT2D eigenvalue weighted by Crippen LogP contribution is 2.34. The Bertz CT molecular complexity index is 1020. The van der Waals surface area contributed by atoms with E-state index in [0.29, 0.717) is 17.2 Å². The van der Waals surface area contributed by atoms with Gasteiger partial charge in [-0.15, -0.1) is 0 Å². The van der Waals surface area contributed by atoms with E-state index in [4.69, 9.17) is 5.26 Å². The van der Waals surface area contributed by atoms with Crippen LogP contribution in [0.15, 0.2) is 30.5 Å². The monoisotopic (exact) mass is 434 g/mol. The van der Waals surface area contributed by atoms with Crippen molar-refractivity contribution < 1.29 is 9.59 Å². The minimum Gasteiger partial charge on any atom is -0.370 e. The lowest BCUT2D eigenvalue weighted by Gasteiger charge is -2.37. The molecule has 2 saturated heterocycles. The highest BCUT2D eigenvalue weighted by atomic mass is 16.2. The molecule has 0 radical (unpaired) electrons. The van der Waals surface area contributed by atoms with E-state index in [1.165, 1.54) is 6.20 Å². The van der Waals surface area contributed by atoms with Crippen LogP contribution in [0.4, 0.5) is 17.1 Å². The highest BCUT2D eigenvalue weighted by molar-refractivity contribution is 6.05. The van der Waals surface area contributed by atoms with Crippen molar-refractivity contribution in [1.82, 2.24) is 9.88 Å². The van der Waals surface area contributed by atoms with Gasteiger partial charge in [0.15, 0.2) is 0 Å². The Balaban J connectivity index is 1.57. The van der Waals surface area contributed by atoms with E-state index in [-0.39, 0.29) is 11.8 Å². The number of carbonyl (C=O) groups is 2. The number of hydrogen-bond acceptors (Lipinski definition) is 5. The fraction of sp³-hybridized carbons (Fsp3) is 0.458. The average Bonchev–Trinajstić information content (AvgIpc) is 3.30. The molecular weight excluding hydrogens is 404 g/mol. The van der Waals surface area contributed by atoms with Crippen molar-refractivity contribution in [1.29, 1.82) is 5.26 Å². The van der Waals surface area contributed by atoms with E-state index in [1.54, 1.807) is 13.0 Å². The first kappa shape index (κ1) is 21.8. The summed E-state index contributed by atoms with van der Waals surface area (Å²) in [6.45, 7) is 8.83. The molecule has 2 aromatic rings. The molecule has 0 saturated carbocycles.